The van der Waals surface area contributed by atoms with Gasteiger partial charge in [0, 0.05) is 11.8 Å². The van der Waals surface area contributed by atoms with Crippen molar-refractivity contribution < 1.29 is 4.74 Å². The first-order valence-corrected chi connectivity index (χ1v) is 7.67. The summed E-state index contributed by atoms with van der Waals surface area (Å²) in [7, 11) is 1.74. The molecule has 1 aliphatic rings. The highest BCUT2D eigenvalue weighted by molar-refractivity contribution is 7.99. The predicted molar refractivity (Wildman–Crippen MR) is 80.9 cm³/mol. The van der Waals surface area contributed by atoms with Gasteiger partial charge in [-0.2, -0.15) is 11.8 Å². The van der Waals surface area contributed by atoms with Gasteiger partial charge in [0.25, 0.3) is 0 Å². The molecule has 0 aromatic heterocycles. The van der Waals surface area contributed by atoms with Crippen LogP contribution in [0.5, 0.6) is 5.75 Å². The SMILES string of the molecule is COc1cc(C)ccc1NC1CSCCC1(C)C. The lowest BCUT2D eigenvalue weighted by molar-refractivity contribution is 0.304. The fraction of sp³-hybridized carbons (Fsp3) is 0.600. The summed E-state index contributed by atoms with van der Waals surface area (Å²) in [6.45, 7) is 6.79. The zero-order valence-electron chi connectivity index (χ0n) is 11.7. The minimum atomic E-state index is 0.348. The normalized spacial score (nSPS) is 22.6. The van der Waals surface area contributed by atoms with Gasteiger partial charge in [-0.15, -0.1) is 0 Å². The lowest BCUT2D eigenvalue weighted by Gasteiger charge is -2.39. The van der Waals surface area contributed by atoms with Gasteiger partial charge in [0.05, 0.1) is 12.8 Å². The average molecular weight is 265 g/mol. The Kier molecular flexibility index (Phi) is 4.10. The average Bonchev–Trinajstić information content (AvgIpc) is 2.33. The van der Waals surface area contributed by atoms with Crippen LogP contribution in [0.15, 0.2) is 18.2 Å². The smallest absolute Gasteiger partial charge is 0.142 e. The molecule has 1 saturated heterocycles. The molecule has 0 radical (unpaired) electrons. The number of nitrogens with one attached hydrogen (secondary N) is 1. The summed E-state index contributed by atoms with van der Waals surface area (Å²) in [5.41, 5.74) is 2.69. The lowest BCUT2D eigenvalue weighted by atomic mass is 9.82. The first kappa shape index (κ1) is 13.6. The maximum Gasteiger partial charge on any atom is 0.142 e. The van der Waals surface area contributed by atoms with Crippen molar-refractivity contribution in [1.82, 2.24) is 0 Å². The molecule has 2 nitrogen and oxygen atoms in total. The molecular formula is C15H23NOS. The van der Waals surface area contributed by atoms with Crippen molar-refractivity contribution >= 4 is 17.4 Å². The minimum Gasteiger partial charge on any atom is -0.495 e. The number of hydrogen-bond donors (Lipinski definition) is 1. The Morgan fingerprint density at radius 1 is 1.39 bits per heavy atom. The summed E-state index contributed by atoms with van der Waals surface area (Å²) in [5.74, 6) is 3.39. The molecule has 0 amide bonds. The molecule has 1 aliphatic heterocycles. The van der Waals surface area contributed by atoms with Crippen molar-refractivity contribution in [3.8, 4) is 5.75 Å². The van der Waals surface area contributed by atoms with E-state index in [0.717, 1.165) is 11.4 Å². The Labute approximate surface area is 114 Å². The van der Waals surface area contributed by atoms with Crippen LogP contribution in [0.25, 0.3) is 0 Å². The van der Waals surface area contributed by atoms with Crippen LogP contribution in [0.4, 0.5) is 5.69 Å². The van der Waals surface area contributed by atoms with Crippen LogP contribution >= 0.6 is 11.8 Å². The number of benzene rings is 1. The van der Waals surface area contributed by atoms with E-state index in [1.807, 2.05) is 11.8 Å². The van der Waals surface area contributed by atoms with E-state index in [-0.39, 0.29) is 0 Å². The molecule has 0 aliphatic carbocycles. The molecule has 2 rings (SSSR count). The Morgan fingerprint density at radius 2 is 2.17 bits per heavy atom. The highest BCUT2D eigenvalue weighted by Gasteiger charge is 2.32. The van der Waals surface area contributed by atoms with Gasteiger partial charge < -0.3 is 10.1 Å². The fourth-order valence-electron chi connectivity index (χ4n) is 2.28. The van der Waals surface area contributed by atoms with Crippen LogP contribution in [0.1, 0.15) is 25.8 Å². The third-order valence-corrected chi connectivity index (χ3v) is 4.87. The van der Waals surface area contributed by atoms with Crippen molar-refractivity contribution in [3.63, 3.8) is 0 Å². The molecule has 0 bridgehead atoms. The topological polar surface area (TPSA) is 21.3 Å². The molecule has 1 unspecified atom stereocenters. The van der Waals surface area contributed by atoms with Gasteiger partial charge in [-0.1, -0.05) is 19.9 Å². The first-order valence-electron chi connectivity index (χ1n) is 6.52. The second-order valence-electron chi connectivity index (χ2n) is 5.71. The van der Waals surface area contributed by atoms with Gasteiger partial charge in [-0.05, 0) is 42.2 Å². The van der Waals surface area contributed by atoms with Crippen LogP contribution < -0.4 is 10.1 Å². The quantitative estimate of drug-likeness (QED) is 0.894. The monoisotopic (exact) mass is 265 g/mol. The van der Waals surface area contributed by atoms with Crippen molar-refractivity contribution in [3.05, 3.63) is 23.8 Å². The second kappa shape index (κ2) is 5.43. The van der Waals surface area contributed by atoms with Crippen molar-refractivity contribution in [2.45, 2.75) is 33.2 Å². The molecule has 18 heavy (non-hydrogen) atoms. The van der Waals surface area contributed by atoms with E-state index in [0.29, 0.717) is 11.5 Å². The maximum absolute atomic E-state index is 5.47. The van der Waals surface area contributed by atoms with E-state index in [1.54, 1.807) is 7.11 Å². The third kappa shape index (κ3) is 2.94. The third-order valence-electron chi connectivity index (χ3n) is 3.81. The van der Waals surface area contributed by atoms with Gasteiger partial charge in [0.1, 0.15) is 5.75 Å². The van der Waals surface area contributed by atoms with E-state index in [9.17, 15) is 0 Å². The highest BCUT2D eigenvalue weighted by Crippen LogP contribution is 2.37. The Hall–Kier alpha value is -0.830. The highest BCUT2D eigenvalue weighted by atomic mass is 32.2. The van der Waals surface area contributed by atoms with Gasteiger partial charge >= 0.3 is 0 Å². The lowest BCUT2D eigenvalue weighted by Crippen LogP contribution is -2.41. The van der Waals surface area contributed by atoms with E-state index in [2.05, 4.69) is 44.3 Å². The van der Waals surface area contributed by atoms with Gasteiger partial charge in [0.15, 0.2) is 0 Å². The molecule has 0 saturated carbocycles. The number of hydrogen-bond acceptors (Lipinski definition) is 3. The molecule has 1 aromatic carbocycles. The van der Waals surface area contributed by atoms with Crippen molar-refractivity contribution in [2.24, 2.45) is 5.41 Å². The minimum absolute atomic E-state index is 0.348. The summed E-state index contributed by atoms with van der Waals surface area (Å²) < 4.78 is 5.47. The molecule has 1 N–H and O–H groups in total. The van der Waals surface area contributed by atoms with Crippen LogP contribution in [-0.4, -0.2) is 24.7 Å². The molecule has 1 aromatic rings. The number of anilines is 1. The standard InChI is InChI=1S/C15H23NOS/c1-11-5-6-12(13(9-11)17-4)16-14-10-18-8-7-15(14,2)3/h5-6,9,14,16H,7-8,10H2,1-4H3. The van der Waals surface area contributed by atoms with Gasteiger partial charge in [-0.25, -0.2) is 0 Å². The fourth-order valence-corrected chi connectivity index (χ4v) is 3.89. The molecule has 3 heteroatoms. The summed E-state index contributed by atoms with van der Waals surface area (Å²) in [6.07, 6.45) is 1.27. The molecule has 0 spiro atoms. The van der Waals surface area contributed by atoms with Crippen molar-refractivity contribution in [2.75, 3.05) is 23.9 Å². The van der Waals surface area contributed by atoms with Crippen LogP contribution in [0, 0.1) is 12.3 Å². The Balaban J connectivity index is 2.17. The Morgan fingerprint density at radius 3 is 2.83 bits per heavy atom. The van der Waals surface area contributed by atoms with E-state index in [1.165, 1.54) is 23.5 Å². The summed E-state index contributed by atoms with van der Waals surface area (Å²) >= 11 is 2.04. The summed E-state index contributed by atoms with van der Waals surface area (Å²) in [5, 5.41) is 3.67. The molecular weight excluding hydrogens is 242 g/mol. The number of ether oxygens (including phenoxy) is 1. The summed E-state index contributed by atoms with van der Waals surface area (Å²) in [6, 6.07) is 6.86. The van der Waals surface area contributed by atoms with Gasteiger partial charge in [0.2, 0.25) is 0 Å². The number of rotatable bonds is 3. The van der Waals surface area contributed by atoms with Crippen molar-refractivity contribution in [1.29, 1.82) is 0 Å². The second-order valence-corrected chi connectivity index (χ2v) is 6.86. The molecule has 1 atom stereocenters. The molecule has 100 valence electrons. The van der Waals surface area contributed by atoms with Crippen LogP contribution in [0.2, 0.25) is 0 Å². The van der Waals surface area contributed by atoms with Crippen LogP contribution in [-0.2, 0) is 0 Å². The summed E-state index contributed by atoms with van der Waals surface area (Å²) in [4.78, 5) is 0. The number of methoxy groups -OCH3 is 1. The largest absolute Gasteiger partial charge is 0.495 e. The number of thioether (sulfide) groups is 1. The number of aryl methyl sites for hydroxylation is 1. The Bertz CT molecular complexity index is 417. The van der Waals surface area contributed by atoms with Crippen LogP contribution in [0.3, 0.4) is 0 Å². The first-order chi connectivity index (χ1) is 8.53. The molecule has 1 heterocycles. The zero-order valence-corrected chi connectivity index (χ0v) is 12.6. The van der Waals surface area contributed by atoms with Gasteiger partial charge in [-0.3, -0.25) is 0 Å². The van der Waals surface area contributed by atoms with E-state index in [4.69, 9.17) is 4.74 Å². The van der Waals surface area contributed by atoms with E-state index >= 15 is 0 Å². The molecule has 1 fully saturated rings. The maximum atomic E-state index is 5.47. The predicted octanol–water partition coefficient (Wildman–Crippen LogP) is 3.95. The zero-order chi connectivity index (χ0) is 13.2. The van der Waals surface area contributed by atoms with E-state index < -0.39 is 0 Å².